The summed E-state index contributed by atoms with van der Waals surface area (Å²) in [4.78, 5) is 23.4. The average molecular weight is 271 g/mol. The van der Waals surface area contributed by atoms with E-state index >= 15 is 0 Å². The number of carboxylic acid groups (broad SMARTS) is 1. The van der Waals surface area contributed by atoms with E-state index in [0.717, 1.165) is 6.42 Å². The van der Waals surface area contributed by atoms with E-state index in [9.17, 15) is 14.7 Å². The zero-order valence-corrected chi connectivity index (χ0v) is 12.4. The van der Waals surface area contributed by atoms with E-state index in [1.54, 1.807) is 20.8 Å². The van der Waals surface area contributed by atoms with Gasteiger partial charge in [-0.3, -0.25) is 0 Å². The number of hydrogen-bond acceptors (Lipinski definition) is 3. The molecule has 0 aromatic rings. The molecule has 0 aromatic carbocycles. The van der Waals surface area contributed by atoms with E-state index in [1.165, 1.54) is 0 Å². The Labute approximate surface area is 114 Å². The summed E-state index contributed by atoms with van der Waals surface area (Å²) in [6, 6.07) is 0. The molecule has 5 nitrogen and oxygen atoms in total. The van der Waals surface area contributed by atoms with Crippen LogP contribution >= 0.6 is 0 Å². The third kappa shape index (κ3) is 4.11. The van der Waals surface area contributed by atoms with E-state index in [4.69, 9.17) is 4.74 Å². The molecule has 0 saturated heterocycles. The van der Waals surface area contributed by atoms with E-state index in [-0.39, 0.29) is 5.92 Å². The molecule has 1 rings (SSSR count). The molecule has 5 heteroatoms. The lowest BCUT2D eigenvalue weighted by atomic mass is 9.71. The molecule has 0 aromatic heterocycles. The molecule has 0 bridgehead atoms. The first kappa shape index (κ1) is 15.8. The molecular weight excluding hydrogens is 246 g/mol. The van der Waals surface area contributed by atoms with Gasteiger partial charge in [0.25, 0.3) is 0 Å². The van der Waals surface area contributed by atoms with Crippen LogP contribution in [-0.2, 0) is 9.53 Å². The average Bonchev–Trinajstić information content (AvgIpc) is 2.20. The van der Waals surface area contributed by atoms with Crippen LogP contribution in [0, 0.1) is 11.8 Å². The Hall–Kier alpha value is -1.26. The maximum absolute atomic E-state index is 11.8. The molecule has 1 fully saturated rings. The Morgan fingerprint density at radius 3 is 2.26 bits per heavy atom. The molecular formula is C14H25NO4. The number of alkyl carbamates (subject to hydrolysis) is 1. The lowest BCUT2D eigenvalue weighted by molar-refractivity contribution is -0.147. The van der Waals surface area contributed by atoms with E-state index in [1.807, 2.05) is 6.92 Å². The van der Waals surface area contributed by atoms with E-state index < -0.39 is 23.2 Å². The van der Waals surface area contributed by atoms with Crippen molar-refractivity contribution in [1.29, 1.82) is 0 Å². The highest BCUT2D eigenvalue weighted by atomic mass is 16.6. The van der Waals surface area contributed by atoms with E-state index in [2.05, 4.69) is 12.2 Å². The molecule has 2 N–H and O–H groups in total. The smallest absolute Gasteiger partial charge is 0.408 e. The van der Waals surface area contributed by atoms with Gasteiger partial charge in [0.1, 0.15) is 11.1 Å². The van der Waals surface area contributed by atoms with Gasteiger partial charge in [0.15, 0.2) is 0 Å². The molecule has 3 atom stereocenters. The number of carbonyl (C=O) groups is 2. The number of carbonyl (C=O) groups excluding carboxylic acids is 1. The second kappa shape index (κ2) is 5.39. The first-order valence-corrected chi connectivity index (χ1v) is 6.80. The highest BCUT2D eigenvalue weighted by Crippen LogP contribution is 2.36. The number of hydrogen-bond donors (Lipinski definition) is 2. The second-order valence-corrected chi connectivity index (χ2v) is 6.71. The van der Waals surface area contributed by atoms with Crippen LogP contribution in [0.2, 0.25) is 0 Å². The first-order chi connectivity index (χ1) is 8.56. The minimum absolute atomic E-state index is 0.264. The maximum atomic E-state index is 11.8. The first-order valence-electron chi connectivity index (χ1n) is 6.80. The predicted molar refractivity (Wildman–Crippen MR) is 71.9 cm³/mol. The van der Waals surface area contributed by atoms with Crippen LogP contribution < -0.4 is 5.32 Å². The lowest BCUT2D eigenvalue weighted by Crippen LogP contribution is -2.58. The molecule has 19 heavy (non-hydrogen) atoms. The van der Waals surface area contributed by atoms with Crippen LogP contribution in [0.5, 0.6) is 0 Å². The largest absolute Gasteiger partial charge is 0.480 e. The quantitative estimate of drug-likeness (QED) is 0.809. The number of nitrogens with one attached hydrogen (secondary N) is 1. The number of aliphatic carboxylic acids is 1. The fraction of sp³-hybridized carbons (Fsp3) is 0.857. The second-order valence-electron chi connectivity index (χ2n) is 6.71. The third-order valence-corrected chi connectivity index (χ3v) is 3.82. The van der Waals surface area contributed by atoms with Gasteiger partial charge in [-0.05, 0) is 51.9 Å². The van der Waals surface area contributed by atoms with Gasteiger partial charge in [-0.1, -0.05) is 13.8 Å². The molecule has 0 aliphatic heterocycles. The third-order valence-electron chi connectivity index (χ3n) is 3.82. The van der Waals surface area contributed by atoms with Crippen molar-refractivity contribution in [3.05, 3.63) is 0 Å². The van der Waals surface area contributed by atoms with Crippen LogP contribution in [0.25, 0.3) is 0 Å². The van der Waals surface area contributed by atoms with Gasteiger partial charge in [-0.25, -0.2) is 9.59 Å². The molecule has 0 heterocycles. The van der Waals surface area contributed by atoms with Crippen molar-refractivity contribution in [3.63, 3.8) is 0 Å². The summed E-state index contributed by atoms with van der Waals surface area (Å²) >= 11 is 0. The minimum atomic E-state index is -1.19. The fourth-order valence-electron chi connectivity index (χ4n) is 2.47. The van der Waals surface area contributed by atoms with Gasteiger partial charge in [-0.15, -0.1) is 0 Å². The van der Waals surface area contributed by atoms with Crippen LogP contribution in [0.15, 0.2) is 0 Å². The zero-order valence-electron chi connectivity index (χ0n) is 12.4. The van der Waals surface area contributed by atoms with Crippen molar-refractivity contribution in [2.24, 2.45) is 11.8 Å². The fourth-order valence-corrected chi connectivity index (χ4v) is 2.47. The van der Waals surface area contributed by atoms with Gasteiger partial charge in [0.2, 0.25) is 0 Å². The highest BCUT2D eigenvalue weighted by Gasteiger charge is 2.45. The number of ether oxygens (including phenoxy) is 1. The van der Waals surface area contributed by atoms with Crippen LogP contribution in [0.1, 0.15) is 53.9 Å². The van der Waals surface area contributed by atoms with Crippen LogP contribution in [0.4, 0.5) is 4.79 Å². The minimum Gasteiger partial charge on any atom is -0.480 e. The molecule has 1 saturated carbocycles. The predicted octanol–water partition coefficient (Wildman–Crippen LogP) is 2.79. The zero-order chi connectivity index (χ0) is 14.8. The molecule has 1 aliphatic rings. The van der Waals surface area contributed by atoms with E-state index in [0.29, 0.717) is 18.8 Å². The summed E-state index contributed by atoms with van der Waals surface area (Å²) in [5, 5.41) is 12.0. The molecule has 0 unspecified atom stereocenters. The molecule has 0 radical (unpaired) electrons. The standard InChI is InChI=1S/C14H25NO4/c1-9-6-7-14(11(16)17,8-10(9)2)15-12(18)19-13(3,4)5/h9-10H,6-8H2,1-5H3,(H,15,18)(H,16,17)/t9-,10+,14-/m1/s1. The Morgan fingerprint density at radius 2 is 1.84 bits per heavy atom. The molecule has 1 aliphatic carbocycles. The summed E-state index contributed by atoms with van der Waals surface area (Å²) in [6.07, 6.45) is 1.04. The van der Waals surface area contributed by atoms with Crippen molar-refractivity contribution >= 4 is 12.1 Å². The van der Waals surface area contributed by atoms with Crippen LogP contribution in [-0.4, -0.2) is 28.3 Å². The van der Waals surface area contributed by atoms with Crippen molar-refractivity contribution < 1.29 is 19.4 Å². The van der Waals surface area contributed by atoms with Crippen molar-refractivity contribution in [2.45, 2.75) is 65.0 Å². The summed E-state index contributed by atoms with van der Waals surface area (Å²) in [7, 11) is 0. The SMILES string of the molecule is C[C@@H]1CC[C@](NC(=O)OC(C)(C)C)(C(=O)O)C[C@@H]1C. The summed E-state index contributed by atoms with van der Waals surface area (Å²) in [6.45, 7) is 9.41. The molecule has 1 amide bonds. The summed E-state index contributed by atoms with van der Waals surface area (Å²) in [5.41, 5.74) is -1.81. The van der Waals surface area contributed by atoms with Crippen molar-refractivity contribution in [1.82, 2.24) is 5.32 Å². The normalized spacial score (nSPS) is 31.6. The number of carboxylic acids is 1. The summed E-state index contributed by atoms with van der Waals surface area (Å²) in [5.74, 6) is -0.232. The summed E-state index contributed by atoms with van der Waals surface area (Å²) < 4.78 is 5.16. The number of amides is 1. The van der Waals surface area contributed by atoms with Crippen LogP contribution in [0.3, 0.4) is 0 Å². The Kier molecular flexibility index (Phi) is 4.48. The van der Waals surface area contributed by atoms with Gasteiger partial charge in [0.05, 0.1) is 0 Å². The monoisotopic (exact) mass is 271 g/mol. The Bertz CT molecular complexity index is 361. The Morgan fingerprint density at radius 1 is 1.26 bits per heavy atom. The maximum Gasteiger partial charge on any atom is 0.408 e. The van der Waals surface area contributed by atoms with Gasteiger partial charge >= 0.3 is 12.1 Å². The Balaban J connectivity index is 2.79. The highest BCUT2D eigenvalue weighted by molar-refractivity contribution is 5.84. The van der Waals surface area contributed by atoms with Gasteiger partial charge < -0.3 is 15.2 Å². The number of rotatable bonds is 2. The van der Waals surface area contributed by atoms with Gasteiger partial charge in [0, 0.05) is 0 Å². The molecule has 110 valence electrons. The van der Waals surface area contributed by atoms with Crippen molar-refractivity contribution in [3.8, 4) is 0 Å². The molecule has 0 spiro atoms. The topological polar surface area (TPSA) is 75.6 Å². The lowest BCUT2D eigenvalue weighted by Gasteiger charge is -2.40. The van der Waals surface area contributed by atoms with Crippen molar-refractivity contribution in [2.75, 3.05) is 0 Å². The van der Waals surface area contributed by atoms with Gasteiger partial charge in [-0.2, -0.15) is 0 Å².